The van der Waals surface area contributed by atoms with Gasteiger partial charge >= 0.3 is 0 Å². The first-order chi connectivity index (χ1) is 8.16. The van der Waals surface area contributed by atoms with Gasteiger partial charge in [-0.1, -0.05) is 23.2 Å². The summed E-state index contributed by atoms with van der Waals surface area (Å²) in [7, 11) is 0. The molecule has 1 aromatic rings. The standard InChI is InChI=1S/C12H14Cl2O2S/c13-9-1-2-10(14)8(5-9)6-11(15)12-7-17-4-3-16-12/h1-2,5,11-12,15H,3-4,6-7H2. The molecule has 17 heavy (non-hydrogen) atoms. The summed E-state index contributed by atoms with van der Waals surface area (Å²) in [4.78, 5) is 0. The van der Waals surface area contributed by atoms with Gasteiger partial charge < -0.3 is 9.84 Å². The van der Waals surface area contributed by atoms with Crippen molar-refractivity contribution in [1.82, 2.24) is 0 Å². The van der Waals surface area contributed by atoms with E-state index >= 15 is 0 Å². The van der Waals surface area contributed by atoms with Crippen molar-refractivity contribution in [3.05, 3.63) is 33.8 Å². The predicted octanol–water partition coefficient (Wildman–Crippen LogP) is 3.03. The fourth-order valence-electron chi connectivity index (χ4n) is 1.78. The number of aliphatic hydroxyl groups excluding tert-OH is 1. The van der Waals surface area contributed by atoms with E-state index in [-0.39, 0.29) is 6.10 Å². The van der Waals surface area contributed by atoms with Crippen molar-refractivity contribution in [2.45, 2.75) is 18.6 Å². The van der Waals surface area contributed by atoms with Gasteiger partial charge in [0.1, 0.15) is 0 Å². The summed E-state index contributed by atoms with van der Waals surface area (Å²) in [5, 5.41) is 11.4. The van der Waals surface area contributed by atoms with Crippen LogP contribution in [0.25, 0.3) is 0 Å². The Labute approximate surface area is 115 Å². The highest BCUT2D eigenvalue weighted by molar-refractivity contribution is 7.99. The molecule has 2 rings (SSSR count). The molecule has 2 nitrogen and oxygen atoms in total. The SMILES string of the molecule is OC(Cc1cc(Cl)ccc1Cl)C1CSCCO1. The van der Waals surface area contributed by atoms with Gasteiger partial charge in [0, 0.05) is 28.0 Å². The summed E-state index contributed by atoms with van der Waals surface area (Å²) < 4.78 is 5.54. The van der Waals surface area contributed by atoms with Gasteiger partial charge in [0.15, 0.2) is 0 Å². The maximum atomic E-state index is 10.1. The Hall–Kier alpha value is 0.0700. The van der Waals surface area contributed by atoms with Crippen molar-refractivity contribution < 1.29 is 9.84 Å². The average Bonchev–Trinajstić information content (AvgIpc) is 2.35. The summed E-state index contributed by atoms with van der Waals surface area (Å²) in [6, 6.07) is 5.29. The van der Waals surface area contributed by atoms with Crippen LogP contribution in [0.3, 0.4) is 0 Å². The van der Waals surface area contributed by atoms with Crippen LogP contribution in [0.2, 0.25) is 10.0 Å². The number of ether oxygens (including phenoxy) is 1. The molecule has 0 amide bonds. The van der Waals surface area contributed by atoms with Crippen LogP contribution in [0.4, 0.5) is 0 Å². The zero-order chi connectivity index (χ0) is 12.3. The summed E-state index contributed by atoms with van der Waals surface area (Å²) in [6.45, 7) is 0.704. The molecule has 0 radical (unpaired) electrons. The van der Waals surface area contributed by atoms with Crippen molar-refractivity contribution in [2.24, 2.45) is 0 Å². The number of thioether (sulfide) groups is 1. The van der Waals surface area contributed by atoms with E-state index < -0.39 is 6.10 Å². The van der Waals surface area contributed by atoms with Crippen molar-refractivity contribution in [3.63, 3.8) is 0 Å². The van der Waals surface area contributed by atoms with Crippen LogP contribution in [0, 0.1) is 0 Å². The largest absolute Gasteiger partial charge is 0.390 e. The van der Waals surface area contributed by atoms with E-state index in [1.807, 2.05) is 0 Å². The zero-order valence-corrected chi connectivity index (χ0v) is 11.6. The van der Waals surface area contributed by atoms with E-state index in [0.29, 0.717) is 23.1 Å². The molecule has 1 aliphatic rings. The van der Waals surface area contributed by atoms with Crippen LogP contribution in [-0.4, -0.2) is 35.4 Å². The minimum absolute atomic E-state index is 0.108. The highest BCUT2D eigenvalue weighted by Crippen LogP contribution is 2.24. The lowest BCUT2D eigenvalue weighted by molar-refractivity contribution is -0.0207. The summed E-state index contributed by atoms with van der Waals surface area (Å²) >= 11 is 13.8. The quantitative estimate of drug-likeness (QED) is 0.929. The van der Waals surface area contributed by atoms with E-state index in [1.54, 1.807) is 30.0 Å². The van der Waals surface area contributed by atoms with Crippen LogP contribution in [0.15, 0.2) is 18.2 Å². The molecule has 1 fully saturated rings. The molecule has 0 aliphatic carbocycles. The lowest BCUT2D eigenvalue weighted by Gasteiger charge is -2.27. The average molecular weight is 293 g/mol. The molecule has 0 saturated carbocycles. The van der Waals surface area contributed by atoms with Crippen LogP contribution in [-0.2, 0) is 11.2 Å². The van der Waals surface area contributed by atoms with Gasteiger partial charge in [-0.05, 0) is 23.8 Å². The van der Waals surface area contributed by atoms with Gasteiger partial charge in [0.25, 0.3) is 0 Å². The highest BCUT2D eigenvalue weighted by atomic mass is 35.5. The van der Waals surface area contributed by atoms with Gasteiger partial charge in [-0.25, -0.2) is 0 Å². The van der Waals surface area contributed by atoms with Crippen molar-refractivity contribution in [2.75, 3.05) is 18.1 Å². The Morgan fingerprint density at radius 3 is 3.00 bits per heavy atom. The Morgan fingerprint density at radius 2 is 2.29 bits per heavy atom. The smallest absolute Gasteiger partial charge is 0.0927 e. The second kappa shape index (κ2) is 6.30. The van der Waals surface area contributed by atoms with Crippen LogP contribution in [0.5, 0.6) is 0 Å². The Bertz CT molecular complexity index is 381. The normalized spacial score (nSPS) is 22.4. The molecule has 1 saturated heterocycles. The first kappa shape index (κ1) is 13.5. The maximum absolute atomic E-state index is 10.1. The number of hydrogen-bond donors (Lipinski definition) is 1. The second-order valence-electron chi connectivity index (χ2n) is 3.99. The lowest BCUT2D eigenvalue weighted by atomic mass is 10.0. The third-order valence-corrected chi connectivity index (χ3v) is 4.33. The first-order valence-electron chi connectivity index (χ1n) is 5.48. The number of benzene rings is 1. The fraction of sp³-hybridized carbons (Fsp3) is 0.500. The number of rotatable bonds is 3. The third-order valence-electron chi connectivity index (χ3n) is 2.71. The van der Waals surface area contributed by atoms with Crippen LogP contribution >= 0.6 is 35.0 Å². The van der Waals surface area contributed by atoms with Gasteiger partial charge in [-0.15, -0.1) is 0 Å². The molecular formula is C12H14Cl2O2S. The van der Waals surface area contributed by atoms with Gasteiger partial charge in [-0.3, -0.25) is 0 Å². The van der Waals surface area contributed by atoms with Crippen molar-refractivity contribution >= 4 is 35.0 Å². The second-order valence-corrected chi connectivity index (χ2v) is 5.98. The molecule has 1 aromatic carbocycles. The summed E-state index contributed by atoms with van der Waals surface area (Å²) in [5.74, 6) is 1.83. The summed E-state index contributed by atoms with van der Waals surface area (Å²) in [6.07, 6.45) is -0.160. The molecule has 0 aromatic heterocycles. The molecular weight excluding hydrogens is 279 g/mol. The van der Waals surface area contributed by atoms with E-state index in [0.717, 1.165) is 17.1 Å². The molecule has 1 N–H and O–H groups in total. The molecule has 1 heterocycles. The number of halogens is 2. The molecule has 0 bridgehead atoms. The molecule has 1 aliphatic heterocycles. The molecule has 94 valence electrons. The summed E-state index contributed by atoms with van der Waals surface area (Å²) in [5.41, 5.74) is 0.867. The van der Waals surface area contributed by atoms with E-state index in [4.69, 9.17) is 27.9 Å². The molecule has 5 heteroatoms. The third kappa shape index (κ3) is 3.76. The molecule has 2 unspecified atom stereocenters. The van der Waals surface area contributed by atoms with Gasteiger partial charge in [0.05, 0.1) is 18.8 Å². The molecule has 0 spiro atoms. The number of aliphatic hydroxyl groups is 1. The van der Waals surface area contributed by atoms with Crippen LogP contribution < -0.4 is 0 Å². The van der Waals surface area contributed by atoms with Crippen LogP contribution in [0.1, 0.15) is 5.56 Å². The topological polar surface area (TPSA) is 29.5 Å². The number of hydrogen-bond acceptors (Lipinski definition) is 3. The van der Waals surface area contributed by atoms with Gasteiger partial charge in [-0.2, -0.15) is 11.8 Å². The Morgan fingerprint density at radius 1 is 1.47 bits per heavy atom. The minimum atomic E-state index is -0.529. The minimum Gasteiger partial charge on any atom is -0.390 e. The zero-order valence-electron chi connectivity index (χ0n) is 9.23. The Kier molecular flexibility index (Phi) is 5.00. The van der Waals surface area contributed by atoms with E-state index in [1.165, 1.54) is 0 Å². The highest BCUT2D eigenvalue weighted by Gasteiger charge is 2.23. The van der Waals surface area contributed by atoms with Gasteiger partial charge in [0.2, 0.25) is 0 Å². The Balaban J connectivity index is 2.01. The van der Waals surface area contributed by atoms with E-state index in [9.17, 15) is 5.11 Å². The predicted molar refractivity (Wildman–Crippen MR) is 73.2 cm³/mol. The van der Waals surface area contributed by atoms with Crippen molar-refractivity contribution in [1.29, 1.82) is 0 Å². The first-order valence-corrected chi connectivity index (χ1v) is 7.39. The lowest BCUT2D eigenvalue weighted by Crippen LogP contribution is -2.36. The maximum Gasteiger partial charge on any atom is 0.0927 e. The molecule has 2 atom stereocenters. The monoisotopic (exact) mass is 292 g/mol. The fourth-order valence-corrected chi connectivity index (χ4v) is 3.11. The van der Waals surface area contributed by atoms with E-state index in [2.05, 4.69) is 0 Å². The van der Waals surface area contributed by atoms with Crippen molar-refractivity contribution in [3.8, 4) is 0 Å².